The molecule has 0 bridgehead atoms. The molecule has 4 nitrogen and oxygen atoms in total. The molecular formula is C7H5BrFNO3. The first-order chi connectivity index (χ1) is 5.95. The fraction of sp³-hybridized carbons (Fsp3) is 0.143. The quantitative estimate of drug-likeness (QED) is 0.615. The first-order valence-electron chi connectivity index (χ1n) is 3.27. The van der Waals surface area contributed by atoms with E-state index in [4.69, 9.17) is 0 Å². The second-order valence-corrected chi connectivity index (χ2v) is 3.22. The van der Waals surface area contributed by atoms with Crippen molar-refractivity contribution in [1.82, 2.24) is 0 Å². The van der Waals surface area contributed by atoms with Gasteiger partial charge in [0.15, 0.2) is 0 Å². The van der Waals surface area contributed by atoms with Gasteiger partial charge in [-0.3, -0.25) is 10.1 Å². The zero-order chi connectivity index (χ0) is 10.2. The van der Waals surface area contributed by atoms with Crippen LogP contribution in [-0.4, -0.2) is 10.0 Å². The van der Waals surface area contributed by atoms with Crippen LogP contribution in [0.15, 0.2) is 10.5 Å². The lowest BCUT2D eigenvalue weighted by molar-refractivity contribution is -0.386. The van der Waals surface area contributed by atoms with Gasteiger partial charge in [-0.1, -0.05) is 0 Å². The second-order valence-electron chi connectivity index (χ2n) is 2.42. The number of nitro groups is 1. The smallest absolute Gasteiger partial charge is 0.314 e. The lowest BCUT2D eigenvalue weighted by atomic mass is 10.2. The van der Waals surface area contributed by atoms with Crippen LogP contribution in [0.1, 0.15) is 5.56 Å². The molecule has 1 N–H and O–H groups in total. The summed E-state index contributed by atoms with van der Waals surface area (Å²) in [6.45, 7) is 1.41. The van der Waals surface area contributed by atoms with Crippen LogP contribution in [0.4, 0.5) is 10.1 Å². The van der Waals surface area contributed by atoms with E-state index in [2.05, 4.69) is 15.9 Å². The number of nitrogens with zero attached hydrogens (tertiary/aromatic N) is 1. The summed E-state index contributed by atoms with van der Waals surface area (Å²) in [5, 5.41) is 19.5. The number of nitro benzene ring substituents is 1. The van der Waals surface area contributed by atoms with Crippen molar-refractivity contribution < 1.29 is 14.4 Å². The minimum Gasteiger partial charge on any atom is -0.501 e. The van der Waals surface area contributed by atoms with Crippen LogP contribution in [-0.2, 0) is 0 Å². The molecule has 0 aliphatic carbocycles. The molecule has 0 aromatic heterocycles. The van der Waals surface area contributed by atoms with Crippen molar-refractivity contribution in [3.05, 3.63) is 32.0 Å². The molecule has 0 heterocycles. The van der Waals surface area contributed by atoms with Crippen LogP contribution in [0.3, 0.4) is 0 Å². The predicted octanol–water partition coefficient (Wildman–Crippen LogP) is 2.51. The number of rotatable bonds is 1. The van der Waals surface area contributed by atoms with Crippen molar-refractivity contribution in [2.75, 3.05) is 0 Å². The van der Waals surface area contributed by atoms with E-state index in [1.165, 1.54) is 6.92 Å². The van der Waals surface area contributed by atoms with E-state index in [0.717, 1.165) is 0 Å². The first kappa shape index (κ1) is 9.91. The molecule has 13 heavy (non-hydrogen) atoms. The van der Waals surface area contributed by atoms with Gasteiger partial charge in [0.25, 0.3) is 0 Å². The number of hydrogen-bond acceptors (Lipinski definition) is 3. The van der Waals surface area contributed by atoms with Gasteiger partial charge in [0.05, 0.1) is 15.5 Å². The molecule has 6 heteroatoms. The van der Waals surface area contributed by atoms with E-state index in [0.29, 0.717) is 6.07 Å². The fourth-order valence-electron chi connectivity index (χ4n) is 0.831. The molecule has 0 unspecified atom stereocenters. The maximum atomic E-state index is 12.9. The molecule has 0 saturated heterocycles. The van der Waals surface area contributed by atoms with Gasteiger partial charge in [0.1, 0.15) is 5.82 Å². The van der Waals surface area contributed by atoms with E-state index >= 15 is 0 Å². The van der Waals surface area contributed by atoms with Crippen molar-refractivity contribution in [2.45, 2.75) is 6.92 Å². The number of phenols is 1. The predicted molar refractivity (Wildman–Crippen MR) is 47.2 cm³/mol. The molecule has 0 aliphatic heterocycles. The van der Waals surface area contributed by atoms with E-state index in [1.54, 1.807) is 0 Å². The lowest BCUT2D eigenvalue weighted by Crippen LogP contribution is -1.93. The SMILES string of the molecule is Cc1c(F)cc([N+](=O)[O-])c(O)c1Br. The van der Waals surface area contributed by atoms with Crippen molar-refractivity contribution in [3.63, 3.8) is 0 Å². The van der Waals surface area contributed by atoms with Gasteiger partial charge in [-0.2, -0.15) is 0 Å². The third-order valence-electron chi connectivity index (χ3n) is 1.60. The summed E-state index contributed by atoms with van der Waals surface area (Å²) in [7, 11) is 0. The van der Waals surface area contributed by atoms with Crippen LogP contribution in [0.5, 0.6) is 5.75 Å². The molecule has 0 amide bonds. The normalized spacial score (nSPS) is 10.1. The summed E-state index contributed by atoms with van der Waals surface area (Å²) in [4.78, 5) is 9.45. The Labute approximate surface area is 81.3 Å². The Morgan fingerprint density at radius 3 is 2.69 bits per heavy atom. The van der Waals surface area contributed by atoms with Crippen LogP contribution in [0, 0.1) is 22.9 Å². The topological polar surface area (TPSA) is 63.4 Å². The minimum absolute atomic E-state index is 0.0131. The Morgan fingerprint density at radius 2 is 2.23 bits per heavy atom. The molecule has 0 fully saturated rings. The molecule has 1 aromatic rings. The van der Waals surface area contributed by atoms with Crippen molar-refractivity contribution in [3.8, 4) is 5.75 Å². The Kier molecular flexibility index (Phi) is 2.51. The maximum absolute atomic E-state index is 12.9. The second kappa shape index (κ2) is 3.29. The van der Waals surface area contributed by atoms with E-state index < -0.39 is 22.2 Å². The molecule has 0 spiro atoms. The Bertz CT molecular complexity index is 380. The number of hydrogen-bond donors (Lipinski definition) is 1. The van der Waals surface area contributed by atoms with Crippen LogP contribution < -0.4 is 0 Å². The van der Waals surface area contributed by atoms with Gasteiger partial charge >= 0.3 is 5.69 Å². The Morgan fingerprint density at radius 1 is 1.69 bits per heavy atom. The molecule has 1 aromatic carbocycles. The molecule has 1 rings (SSSR count). The molecule has 0 atom stereocenters. The molecule has 0 aliphatic rings. The summed E-state index contributed by atoms with van der Waals surface area (Å²) in [5.41, 5.74) is -0.502. The Balaban J connectivity index is 3.50. The zero-order valence-electron chi connectivity index (χ0n) is 6.54. The van der Waals surface area contributed by atoms with Crippen molar-refractivity contribution in [1.29, 1.82) is 0 Å². The van der Waals surface area contributed by atoms with Crippen LogP contribution >= 0.6 is 15.9 Å². The molecule has 0 saturated carbocycles. The van der Waals surface area contributed by atoms with Crippen LogP contribution in [0.2, 0.25) is 0 Å². The third-order valence-corrected chi connectivity index (χ3v) is 2.57. The van der Waals surface area contributed by atoms with Gasteiger partial charge in [0, 0.05) is 5.56 Å². The zero-order valence-corrected chi connectivity index (χ0v) is 8.13. The standard InChI is InChI=1S/C7H5BrFNO3/c1-3-4(9)2-5(10(12)13)7(11)6(3)8/h2,11H,1H3. The van der Waals surface area contributed by atoms with Gasteiger partial charge in [0.2, 0.25) is 5.75 Å². The highest BCUT2D eigenvalue weighted by Gasteiger charge is 2.20. The first-order valence-corrected chi connectivity index (χ1v) is 4.06. The fourth-order valence-corrected chi connectivity index (χ4v) is 1.22. The number of halogens is 2. The highest BCUT2D eigenvalue weighted by Crippen LogP contribution is 2.37. The number of aromatic hydroxyl groups is 1. The van der Waals surface area contributed by atoms with Gasteiger partial charge < -0.3 is 5.11 Å². The minimum atomic E-state index is -0.845. The van der Waals surface area contributed by atoms with Gasteiger partial charge in [-0.25, -0.2) is 4.39 Å². The highest BCUT2D eigenvalue weighted by atomic mass is 79.9. The third kappa shape index (κ3) is 1.62. The maximum Gasteiger partial charge on any atom is 0.314 e. The summed E-state index contributed by atoms with van der Waals surface area (Å²) >= 11 is 2.85. The molecule has 70 valence electrons. The van der Waals surface area contributed by atoms with E-state index in [-0.39, 0.29) is 10.0 Å². The average molecular weight is 250 g/mol. The summed E-state index contributed by atoms with van der Waals surface area (Å²) < 4.78 is 12.9. The van der Waals surface area contributed by atoms with Gasteiger partial charge in [-0.05, 0) is 22.9 Å². The summed E-state index contributed by atoms with van der Waals surface area (Å²) in [6, 6.07) is 0.690. The van der Waals surface area contributed by atoms with Crippen molar-refractivity contribution in [2.24, 2.45) is 0 Å². The van der Waals surface area contributed by atoms with E-state index in [9.17, 15) is 19.6 Å². The largest absolute Gasteiger partial charge is 0.501 e. The average Bonchev–Trinajstić information content (AvgIpc) is 2.07. The lowest BCUT2D eigenvalue weighted by Gasteiger charge is -2.02. The van der Waals surface area contributed by atoms with E-state index in [1.807, 2.05) is 0 Å². The van der Waals surface area contributed by atoms with Crippen LogP contribution in [0.25, 0.3) is 0 Å². The highest BCUT2D eigenvalue weighted by molar-refractivity contribution is 9.10. The summed E-state index contributed by atoms with van der Waals surface area (Å²) in [5.74, 6) is -1.28. The Hall–Kier alpha value is -1.17. The number of benzene rings is 1. The summed E-state index contributed by atoms with van der Waals surface area (Å²) in [6.07, 6.45) is 0. The number of phenolic OH excluding ortho intramolecular Hbond substituents is 1. The van der Waals surface area contributed by atoms with Crippen molar-refractivity contribution >= 4 is 21.6 Å². The van der Waals surface area contributed by atoms with Gasteiger partial charge in [-0.15, -0.1) is 0 Å². The molecular weight excluding hydrogens is 245 g/mol. The molecule has 0 radical (unpaired) electrons. The monoisotopic (exact) mass is 249 g/mol.